The number of carbonyl (C=O) groups excluding carboxylic acids is 1. The zero-order valence-electron chi connectivity index (χ0n) is 13.0. The van der Waals surface area contributed by atoms with Gasteiger partial charge in [0.1, 0.15) is 18.1 Å². The van der Waals surface area contributed by atoms with Crippen LogP contribution in [0.5, 0.6) is 5.75 Å². The number of carbonyl (C=O) groups is 1. The number of benzene rings is 1. The molecule has 0 radical (unpaired) electrons. The highest BCUT2D eigenvalue weighted by Gasteiger charge is 2.12. The molecule has 0 atom stereocenters. The number of hydrogen-bond acceptors (Lipinski definition) is 4. The van der Waals surface area contributed by atoms with Crippen LogP contribution in [0.25, 0.3) is 0 Å². The summed E-state index contributed by atoms with van der Waals surface area (Å²) in [5.74, 6) is 7.02. The van der Waals surface area contributed by atoms with Gasteiger partial charge >= 0.3 is 0 Å². The maximum absolute atomic E-state index is 11.8. The lowest BCUT2D eigenvalue weighted by Gasteiger charge is -2.02. The topological polar surface area (TPSA) is 64.4 Å². The number of hydrogen-bond donors (Lipinski definition) is 1. The van der Waals surface area contributed by atoms with Crippen LogP contribution in [0.4, 0.5) is 0 Å². The first-order valence-electron chi connectivity index (χ1n) is 7.09. The zero-order chi connectivity index (χ0) is 16.7. The van der Waals surface area contributed by atoms with Gasteiger partial charge in [0, 0.05) is 10.0 Å². The highest BCUT2D eigenvalue weighted by molar-refractivity contribution is 9.10. The third kappa shape index (κ3) is 5.46. The Kier molecular flexibility index (Phi) is 6.24. The van der Waals surface area contributed by atoms with Gasteiger partial charge in [0.2, 0.25) is 5.91 Å². The summed E-state index contributed by atoms with van der Waals surface area (Å²) in [7, 11) is 0. The van der Waals surface area contributed by atoms with Crippen molar-refractivity contribution in [3.8, 4) is 17.6 Å². The van der Waals surface area contributed by atoms with Crippen LogP contribution in [0.15, 0.2) is 33.3 Å². The first kappa shape index (κ1) is 17.1. The van der Waals surface area contributed by atoms with Gasteiger partial charge in [0.15, 0.2) is 0 Å². The molecule has 0 aliphatic rings. The van der Waals surface area contributed by atoms with Crippen molar-refractivity contribution in [3.05, 3.63) is 45.8 Å². The molecular formula is C17H17BrN2O3. The molecule has 2 rings (SSSR count). The Hall–Kier alpha value is -2.26. The second-order valence-electron chi connectivity index (χ2n) is 4.86. The Morgan fingerprint density at radius 3 is 2.91 bits per heavy atom. The molecule has 1 aromatic carbocycles. The summed E-state index contributed by atoms with van der Waals surface area (Å²) in [5.41, 5.74) is 1.57. The lowest BCUT2D eigenvalue weighted by atomic mass is 10.1. The molecule has 23 heavy (non-hydrogen) atoms. The zero-order valence-corrected chi connectivity index (χ0v) is 14.6. The van der Waals surface area contributed by atoms with Gasteiger partial charge in [-0.15, -0.1) is 0 Å². The van der Waals surface area contributed by atoms with Gasteiger partial charge in [-0.25, -0.2) is 0 Å². The van der Waals surface area contributed by atoms with Gasteiger partial charge in [-0.1, -0.05) is 39.0 Å². The van der Waals surface area contributed by atoms with E-state index in [4.69, 9.17) is 9.26 Å². The number of nitrogens with zero attached hydrogens (tertiary/aromatic N) is 1. The Morgan fingerprint density at radius 2 is 2.22 bits per heavy atom. The summed E-state index contributed by atoms with van der Waals surface area (Å²) in [6, 6.07) is 7.54. The monoisotopic (exact) mass is 376 g/mol. The Morgan fingerprint density at radius 1 is 1.39 bits per heavy atom. The average Bonchev–Trinajstić information content (AvgIpc) is 2.83. The van der Waals surface area contributed by atoms with E-state index in [0.717, 1.165) is 21.5 Å². The number of ether oxygens (including phenoxy) is 1. The average molecular weight is 377 g/mol. The lowest BCUT2D eigenvalue weighted by molar-refractivity contribution is -0.120. The van der Waals surface area contributed by atoms with Gasteiger partial charge in [-0.3, -0.25) is 4.79 Å². The quantitative estimate of drug-likeness (QED) is 0.814. The summed E-state index contributed by atoms with van der Waals surface area (Å²) < 4.78 is 11.5. The second-order valence-corrected chi connectivity index (χ2v) is 5.77. The Bertz CT molecular complexity index is 724. The number of halogens is 1. The van der Waals surface area contributed by atoms with E-state index < -0.39 is 0 Å². The number of rotatable bonds is 5. The molecule has 6 heteroatoms. The van der Waals surface area contributed by atoms with Crippen molar-refractivity contribution in [2.45, 2.75) is 20.3 Å². The van der Waals surface area contributed by atoms with E-state index in [1.807, 2.05) is 31.2 Å². The van der Waals surface area contributed by atoms with Crippen molar-refractivity contribution >= 4 is 21.8 Å². The third-order valence-corrected chi connectivity index (χ3v) is 3.62. The fourth-order valence-corrected chi connectivity index (χ4v) is 2.29. The van der Waals surface area contributed by atoms with Crippen molar-refractivity contribution in [1.82, 2.24) is 10.5 Å². The van der Waals surface area contributed by atoms with Gasteiger partial charge in [-0.05, 0) is 32.0 Å². The standard InChI is InChI=1S/C17H17BrN2O3/c1-12-16(13(2)23-20-12)11-17(21)19-8-3-4-9-22-15-7-5-6-14(18)10-15/h5-7,10H,8-9,11H2,1-2H3,(H,19,21). The smallest absolute Gasteiger partial charge is 0.225 e. The molecule has 0 unspecified atom stereocenters. The molecule has 0 fully saturated rings. The first-order chi connectivity index (χ1) is 11.1. The van der Waals surface area contributed by atoms with Gasteiger partial charge in [0.25, 0.3) is 0 Å². The molecule has 0 aliphatic heterocycles. The van der Waals surface area contributed by atoms with Crippen LogP contribution in [0, 0.1) is 25.7 Å². The van der Waals surface area contributed by atoms with E-state index >= 15 is 0 Å². The van der Waals surface area contributed by atoms with E-state index in [2.05, 4.69) is 38.2 Å². The van der Waals surface area contributed by atoms with Crippen LogP contribution in [-0.4, -0.2) is 24.2 Å². The predicted molar refractivity (Wildman–Crippen MR) is 90.1 cm³/mol. The molecule has 2 aromatic rings. The van der Waals surface area contributed by atoms with Gasteiger partial charge < -0.3 is 14.6 Å². The largest absolute Gasteiger partial charge is 0.481 e. The van der Waals surface area contributed by atoms with Crippen molar-refractivity contribution < 1.29 is 14.1 Å². The fourth-order valence-electron chi connectivity index (χ4n) is 1.91. The molecule has 120 valence electrons. The van der Waals surface area contributed by atoms with Crippen LogP contribution in [-0.2, 0) is 11.2 Å². The van der Waals surface area contributed by atoms with Gasteiger partial charge in [-0.2, -0.15) is 0 Å². The molecule has 0 spiro atoms. The Labute approximate surface area is 143 Å². The minimum Gasteiger partial charge on any atom is -0.481 e. The Balaban J connectivity index is 1.70. The minimum atomic E-state index is -0.110. The molecule has 1 aromatic heterocycles. The maximum atomic E-state index is 11.8. The molecule has 0 saturated carbocycles. The van der Waals surface area contributed by atoms with Crippen molar-refractivity contribution in [2.75, 3.05) is 13.2 Å². The summed E-state index contributed by atoms with van der Waals surface area (Å²) >= 11 is 3.37. The van der Waals surface area contributed by atoms with E-state index in [1.165, 1.54) is 0 Å². The van der Waals surface area contributed by atoms with Crippen LogP contribution < -0.4 is 10.1 Å². The van der Waals surface area contributed by atoms with Crippen molar-refractivity contribution in [3.63, 3.8) is 0 Å². The van der Waals surface area contributed by atoms with Crippen molar-refractivity contribution in [2.24, 2.45) is 0 Å². The van der Waals surface area contributed by atoms with Gasteiger partial charge in [0.05, 0.1) is 18.7 Å². The molecular weight excluding hydrogens is 360 g/mol. The van der Waals surface area contributed by atoms with Crippen LogP contribution in [0.3, 0.4) is 0 Å². The molecule has 0 saturated heterocycles. The van der Waals surface area contributed by atoms with E-state index in [-0.39, 0.29) is 25.5 Å². The maximum Gasteiger partial charge on any atom is 0.225 e. The fraction of sp³-hybridized carbons (Fsp3) is 0.294. The first-order valence-corrected chi connectivity index (χ1v) is 7.88. The highest BCUT2D eigenvalue weighted by Crippen LogP contribution is 2.17. The molecule has 0 aliphatic carbocycles. The highest BCUT2D eigenvalue weighted by atomic mass is 79.9. The van der Waals surface area contributed by atoms with Crippen LogP contribution in [0.2, 0.25) is 0 Å². The number of amides is 1. The summed E-state index contributed by atoms with van der Waals surface area (Å²) in [4.78, 5) is 11.8. The van der Waals surface area contributed by atoms with Crippen LogP contribution >= 0.6 is 15.9 Å². The van der Waals surface area contributed by atoms with E-state index in [1.54, 1.807) is 6.92 Å². The number of aromatic nitrogens is 1. The van der Waals surface area contributed by atoms with E-state index in [9.17, 15) is 4.79 Å². The minimum absolute atomic E-state index is 0.110. The number of aryl methyl sites for hydroxylation is 2. The summed E-state index contributed by atoms with van der Waals surface area (Å²) in [6.07, 6.45) is 0.247. The SMILES string of the molecule is Cc1noc(C)c1CC(=O)NCC#CCOc1cccc(Br)c1. The lowest BCUT2D eigenvalue weighted by Crippen LogP contribution is -2.25. The molecule has 1 heterocycles. The van der Waals surface area contributed by atoms with Crippen molar-refractivity contribution in [1.29, 1.82) is 0 Å². The second kappa shape index (κ2) is 8.39. The molecule has 0 bridgehead atoms. The molecule has 1 amide bonds. The molecule has 5 nitrogen and oxygen atoms in total. The molecule has 1 N–H and O–H groups in total. The number of nitrogens with one attached hydrogen (secondary N) is 1. The summed E-state index contributed by atoms with van der Waals surface area (Å²) in [6.45, 7) is 4.17. The van der Waals surface area contributed by atoms with E-state index in [0.29, 0.717) is 5.76 Å². The predicted octanol–water partition coefficient (Wildman–Crippen LogP) is 2.80. The van der Waals surface area contributed by atoms with Crippen LogP contribution in [0.1, 0.15) is 17.0 Å². The third-order valence-electron chi connectivity index (χ3n) is 3.12. The normalized spacial score (nSPS) is 9.87. The summed E-state index contributed by atoms with van der Waals surface area (Å²) in [5, 5.41) is 6.56.